The van der Waals surface area contributed by atoms with Crippen molar-refractivity contribution in [3.05, 3.63) is 29.1 Å². The molecule has 0 atom stereocenters. The highest BCUT2D eigenvalue weighted by molar-refractivity contribution is 7.16. The first-order valence-electron chi connectivity index (χ1n) is 3.89. The number of nitrogens with zero attached hydrogens (tertiary/aromatic N) is 1. The van der Waals surface area contributed by atoms with Crippen LogP contribution < -0.4 is 4.80 Å². The second-order valence-electron chi connectivity index (χ2n) is 2.67. The van der Waals surface area contributed by atoms with Gasteiger partial charge in [0.1, 0.15) is 0 Å². The normalized spacial score (nSPS) is 10.1. The predicted molar refractivity (Wildman–Crippen MR) is 54.5 cm³/mol. The standard InChI is InChI=1S/C10H8N2S/c1-2-7-12-8-5-3-4-6-9(8)13-10(12)11/h1,3-6,11H,7H2. The Kier molecular flexibility index (Phi) is 1.91. The Labute approximate surface area is 80.0 Å². The summed E-state index contributed by atoms with van der Waals surface area (Å²) in [5.41, 5.74) is 1.05. The number of hydrogen-bond donors (Lipinski definition) is 1. The first-order valence-corrected chi connectivity index (χ1v) is 4.71. The molecular formula is C10H8N2S. The van der Waals surface area contributed by atoms with Gasteiger partial charge in [0.2, 0.25) is 0 Å². The number of aromatic nitrogens is 1. The number of fused-ring (bicyclic) bond motifs is 1. The molecule has 2 rings (SSSR count). The number of nitrogens with one attached hydrogen (secondary N) is 1. The summed E-state index contributed by atoms with van der Waals surface area (Å²) >= 11 is 1.45. The topological polar surface area (TPSA) is 28.8 Å². The van der Waals surface area contributed by atoms with Crippen molar-refractivity contribution >= 4 is 21.6 Å². The smallest absolute Gasteiger partial charge is 0.183 e. The van der Waals surface area contributed by atoms with E-state index in [2.05, 4.69) is 5.92 Å². The zero-order valence-electron chi connectivity index (χ0n) is 6.95. The van der Waals surface area contributed by atoms with Crippen LogP contribution in [0.1, 0.15) is 0 Å². The van der Waals surface area contributed by atoms with Crippen LogP contribution in [0.25, 0.3) is 10.2 Å². The molecule has 64 valence electrons. The van der Waals surface area contributed by atoms with Crippen LogP contribution in [0.3, 0.4) is 0 Å². The lowest BCUT2D eigenvalue weighted by Gasteiger charge is -1.96. The number of rotatable bonds is 1. The second kappa shape index (κ2) is 3.08. The number of thiazole rings is 1. The van der Waals surface area contributed by atoms with Crippen molar-refractivity contribution in [3.8, 4) is 12.3 Å². The molecule has 0 spiro atoms. The van der Waals surface area contributed by atoms with Crippen molar-refractivity contribution < 1.29 is 0 Å². The average Bonchev–Trinajstić information content (AvgIpc) is 2.44. The van der Waals surface area contributed by atoms with E-state index in [-0.39, 0.29) is 0 Å². The molecule has 13 heavy (non-hydrogen) atoms. The third kappa shape index (κ3) is 1.25. The Morgan fingerprint density at radius 2 is 2.23 bits per heavy atom. The maximum atomic E-state index is 7.69. The van der Waals surface area contributed by atoms with Gasteiger partial charge in [-0.25, -0.2) is 0 Å². The zero-order chi connectivity index (χ0) is 9.26. The van der Waals surface area contributed by atoms with Gasteiger partial charge < -0.3 is 4.57 Å². The molecule has 3 heteroatoms. The van der Waals surface area contributed by atoms with Crippen LogP contribution in [0, 0.1) is 17.8 Å². The first-order chi connectivity index (χ1) is 6.33. The van der Waals surface area contributed by atoms with Crippen LogP contribution in [0.4, 0.5) is 0 Å². The average molecular weight is 188 g/mol. The van der Waals surface area contributed by atoms with Crippen LogP contribution >= 0.6 is 11.3 Å². The summed E-state index contributed by atoms with van der Waals surface area (Å²) in [6, 6.07) is 7.92. The maximum Gasteiger partial charge on any atom is 0.183 e. The van der Waals surface area contributed by atoms with E-state index >= 15 is 0 Å². The van der Waals surface area contributed by atoms with Gasteiger partial charge in [-0.2, -0.15) is 0 Å². The molecule has 2 nitrogen and oxygen atoms in total. The third-order valence-electron chi connectivity index (χ3n) is 1.86. The molecule has 0 amide bonds. The summed E-state index contributed by atoms with van der Waals surface area (Å²) in [6.07, 6.45) is 5.23. The molecule has 0 aliphatic rings. The SMILES string of the molecule is C#CCn1c(=N)sc2ccccc21. The molecule has 0 unspecified atom stereocenters. The van der Waals surface area contributed by atoms with Gasteiger partial charge in [0.25, 0.3) is 0 Å². The number of hydrogen-bond acceptors (Lipinski definition) is 2. The molecule has 1 N–H and O–H groups in total. The molecule has 0 aliphatic carbocycles. The van der Waals surface area contributed by atoms with Crippen molar-refractivity contribution in [2.45, 2.75) is 6.54 Å². The van der Waals surface area contributed by atoms with Crippen molar-refractivity contribution in [1.29, 1.82) is 5.41 Å². The molecule has 1 aromatic heterocycles. The van der Waals surface area contributed by atoms with Gasteiger partial charge >= 0.3 is 0 Å². The van der Waals surface area contributed by atoms with E-state index in [0.717, 1.165) is 10.2 Å². The lowest BCUT2D eigenvalue weighted by atomic mass is 10.3. The lowest BCUT2D eigenvalue weighted by Crippen LogP contribution is -2.11. The molecule has 0 fully saturated rings. The summed E-state index contributed by atoms with van der Waals surface area (Å²) < 4.78 is 2.95. The van der Waals surface area contributed by atoms with Crippen molar-refractivity contribution in [2.75, 3.05) is 0 Å². The van der Waals surface area contributed by atoms with E-state index in [4.69, 9.17) is 11.8 Å². The Morgan fingerprint density at radius 3 is 3.00 bits per heavy atom. The van der Waals surface area contributed by atoms with E-state index in [1.165, 1.54) is 11.3 Å². The van der Waals surface area contributed by atoms with Crippen molar-refractivity contribution in [1.82, 2.24) is 4.57 Å². The van der Waals surface area contributed by atoms with Crippen LogP contribution in [0.15, 0.2) is 24.3 Å². The van der Waals surface area contributed by atoms with Crippen LogP contribution in [0.5, 0.6) is 0 Å². The first kappa shape index (κ1) is 8.09. The minimum Gasteiger partial charge on any atom is -0.305 e. The number of benzene rings is 1. The Balaban J connectivity index is 2.80. The van der Waals surface area contributed by atoms with Gasteiger partial charge in [-0.1, -0.05) is 29.4 Å². The van der Waals surface area contributed by atoms with E-state index < -0.39 is 0 Å². The summed E-state index contributed by atoms with van der Waals surface area (Å²) in [5, 5.41) is 7.69. The van der Waals surface area contributed by atoms with Crippen LogP contribution in [-0.4, -0.2) is 4.57 Å². The van der Waals surface area contributed by atoms with E-state index in [9.17, 15) is 0 Å². The minimum atomic E-state index is 0.475. The summed E-state index contributed by atoms with van der Waals surface area (Å²) in [6.45, 7) is 0.475. The highest BCUT2D eigenvalue weighted by Gasteiger charge is 2.01. The van der Waals surface area contributed by atoms with E-state index in [1.54, 1.807) is 0 Å². The van der Waals surface area contributed by atoms with Gasteiger partial charge in [-0.3, -0.25) is 5.41 Å². The third-order valence-corrected chi connectivity index (χ3v) is 2.84. The lowest BCUT2D eigenvalue weighted by molar-refractivity contribution is 0.828. The highest BCUT2D eigenvalue weighted by Crippen LogP contribution is 2.15. The Hall–Kier alpha value is -1.53. The fourth-order valence-electron chi connectivity index (χ4n) is 1.28. The van der Waals surface area contributed by atoms with E-state index in [0.29, 0.717) is 11.3 Å². The molecular weight excluding hydrogens is 180 g/mol. The summed E-state index contributed by atoms with van der Waals surface area (Å²) in [5.74, 6) is 2.55. The summed E-state index contributed by atoms with van der Waals surface area (Å²) in [7, 11) is 0. The van der Waals surface area contributed by atoms with Gasteiger partial charge in [0.05, 0.1) is 16.8 Å². The number of terminal acetylenes is 1. The monoisotopic (exact) mass is 188 g/mol. The molecule has 0 saturated carbocycles. The van der Waals surface area contributed by atoms with Gasteiger partial charge in [-0.05, 0) is 12.1 Å². The predicted octanol–water partition coefficient (Wildman–Crippen LogP) is 1.82. The van der Waals surface area contributed by atoms with Crippen LogP contribution in [-0.2, 0) is 6.54 Å². The fourth-order valence-corrected chi connectivity index (χ4v) is 2.19. The molecule has 0 radical (unpaired) electrons. The largest absolute Gasteiger partial charge is 0.305 e. The van der Waals surface area contributed by atoms with Crippen molar-refractivity contribution in [2.24, 2.45) is 0 Å². The molecule has 2 aromatic rings. The molecule has 0 saturated heterocycles. The van der Waals surface area contributed by atoms with Gasteiger partial charge in [-0.15, -0.1) is 6.42 Å². The second-order valence-corrected chi connectivity index (χ2v) is 3.70. The highest BCUT2D eigenvalue weighted by atomic mass is 32.1. The fraction of sp³-hybridized carbons (Fsp3) is 0.100. The molecule has 0 aliphatic heterocycles. The van der Waals surface area contributed by atoms with Crippen LogP contribution in [0.2, 0.25) is 0 Å². The van der Waals surface area contributed by atoms with E-state index in [1.807, 2.05) is 28.8 Å². The number of para-hydroxylation sites is 1. The minimum absolute atomic E-state index is 0.475. The Bertz CT molecular complexity index is 528. The van der Waals surface area contributed by atoms with Gasteiger partial charge in [0.15, 0.2) is 4.80 Å². The molecule has 1 aromatic carbocycles. The van der Waals surface area contributed by atoms with Crippen molar-refractivity contribution in [3.63, 3.8) is 0 Å². The zero-order valence-corrected chi connectivity index (χ0v) is 7.77. The summed E-state index contributed by atoms with van der Waals surface area (Å²) in [4.78, 5) is 0.513. The molecule has 1 heterocycles. The maximum absolute atomic E-state index is 7.69. The Morgan fingerprint density at radius 1 is 1.46 bits per heavy atom. The van der Waals surface area contributed by atoms with Gasteiger partial charge in [0, 0.05) is 0 Å². The molecule has 0 bridgehead atoms. The quantitative estimate of drug-likeness (QED) is 0.661.